The smallest absolute Gasteiger partial charge is 0.394 e. The molecule has 0 aromatic heterocycles. The van der Waals surface area contributed by atoms with Gasteiger partial charge in [-0.3, -0.25) is 14.9 Å². The maximum Gasteiger partial charge on any atom is 0.394 e. The molecule has 1 aliphatic rings. The van der Waals surface area contributed by atoms with Crippen molar-refractivity contribution in [1.82, 2.24) is 0 Å². The van der Waals surface area contributed by atoms with Gasteiger partial charge in [0.1, 0.15) is 5.69 Å². The number of nitrogens with zero attached hydrogens (tertiary/aromatic N) is 2. The maximum absolute atomic E-state index is 13.0. The molecule has 0 bridgehead atoms. The van der Waals surface area contributed by atoms with E-state index in [0.29, 0.717) is 5.56 Å². The van der Waals surface area contributed by atoms with Crippen LogP contribution in [0.5, 0.6) is 0 Å². The van der Waals surface area contributed by atoms with E-state index < -0.39 is 42.0 Å². The van der Waals surface area contributed by atoms with Crippen molar-refractivity contribution < 1.29 is 28.0 Å². The fraction of sp³-hybridized carbons (Fsp3) is 0.462. The van der Waals surface area contributed by atoms with Crippen LogP contribution in [0.1, 0.15) is 5.56 Å². The van der Waals surface area contributed by atoms with Gasteiger partial charge in [0.25, 0.3) is 5.69 Å². The highest BCUT2D eigenvalue weighted by atomic mass is 19.4. The molecular formula is C13H13F3N2O4. The van der Waals surface area contributed by atoms with Gasteiger partial charge in [-0.25, -0.2) is 0 Å². The largest absolute Gasteiger partial charge is 0.481 e. The van der Waals surface area contributed by atoms with E-state index in [1.165, 1.54) is 12.1 Å². The summed E-state index contributed by atoms with van der Waals surface area (Å²) < 4.78 is 38.9. The second-order valence-electron chi connectivity index (χ2n) is 5.25. The predicted molar refractivity (Wildman–Crippen MR) is 70.7 cm³/mol. The number of anilines is 1. The van der Waals surface area contributed by atoms with E-state index in [-0.39, 0.29) is 11.4 Å². The third kappa shape index (κ3) is 2.97. The normalized spacial score (nSPS) is 21.9. The van der Waals surface area contributed by atoms with Gasteiger partial charge in [0.2, 0.25) is 0 Å². The number of aliphatic carboxylic acids is 1. The number of hydrogen-bond acceptors (Lipinski definition) is 4. The third-order valence-corrected chi connectivity index (χ3v) is 3.73. The van der Waals surface area contributed by atoms with Crippen LogP contribution in [0, 0.1) is 28.9 Å². The molecule has 2 rings (SSSR count). The lowest BCUT2D eigenvalue weighted by Gasteiger charge is -2.19. The van der Waals surface area contributed by atoms with Gasteiger partial charge in [0, 0.05) is 19.2 Å². The van der Waals surface area contributed by atoms with Crippen LogP contribution >= 0.6 is 0 Å². The van der Waals surface area contributed by atoms with E-state index in [4.69, 9.17) is 5.11 Å². The quantitative estimate of drug-likeness (QED) is 0.684. The van der Waals surface area contributed by atoms with Crippen molar-refractivity contribution >= 4 is 17.3 Å². The fourth-order valence-corrected chi connectivity index (χ4v) is 2.63. The number of halogens is 3. The van der Waals surface area contributed by atoms with Crippen LogP contribution in [0.4, 0.5) is 24.5 Å². The Morgan fingerprint density at radius 1 is 1.41 bits per heavy atom. The van der Waals surface area contributed by atoms with E-state index >= 15 is 0 Å². The Morgan fingerprint density at radius 3 is 2.50 bits per heavy atom. The number of benzene rings is 1. The SMILES string of the molecule is Cc1ccc(N2C[C@@H](C(F)(F)F)[C@H](C(=O)O)C2)c([N+](=O)[O-])c1. The minimum absolute atomic E-state index is 0.00796. The molecule has 1 heterocycles. The Balaban J connectivity index is 2.39. The molecule has 0 spiro atoms. The first kappa shape index (κ1) is 16.1. The number of rotatable bonds is 3. The van der Waals surface area contributed by atoms with Gasteiger partial charge in [-0.1, -0.05) is 6.07 Å². The van der Waals surface area contributed by atoms with Gasteiger partial charge >= 0.3 is 12.1 Å². The molecule has 0 radical (unpaired) electrons. The number of carbonyl (C=O) groups is 1. The topological polar surface area (TPSA) is 83.7 Å². The molecule has 0 saturated carbocycles. The molecule has 9 heteroatoms. The van der Waals surface area contributed by atoms with Crippen LogP contribution in [0.2, 0.25) is 0 Å². The second-order valence-corrected chi connectivity index (χ2v) is 5.25. The first-order chi connectivity index (χ1) is 10.1. The predicted octanol–water partition coefficient (Wildman–Crippen LogP) is 2.60. The summed E-state index contributed by atoms with van der Waals surface area (Å²) in [6.45, 7) is 0.604. The third-order valence-electron chi connectivity index (χ3n) is 3.73. The van der Waals surface area contributed by atoms with Crippen molar-refractivity contribution in [2.75, 3.05) is 18.0 Å². The summed E-state index contributed by atoms with van der Waals surface area (Å²) in [7, 11) is 0. The van der Waals surface area contributed by atoms with E-state index in [1.54, 1.807) is 13.0 Å². The number of carboxylic acid groups (broad SMARTS) is 1. The lowest BCUT2D eigenvalue weighted by molar-refractivity contribution is -0.384. The van der Waals surface area contributed by atoms with Gasteiger partial charge in [0.15, 0.2) is 0 Å². The molecular weight excluding hydrogens is 305 g/mol. The molecule has 1 fully saturated rings. The molecule has 1 aromatic carbocycles. The van der Waals surface area contributed by atoms with Crippen molar-refractivity contribution in [3.63, 3.8) is 0 Å². The second kappa shape index (κ2) is 5.47. The van der Waals surface area contributed by atoms with E-state index in [2.05, 4.69) is 0 Å². The number of aryl methyl sites for hydroxylation is 1. The maximum atomic E-state index is 13.0. The standard InChI is InChI=1S/C13H13F3N2O4/c1-7-2-3-10(11(4-7)18(21)22)17-5-8(12(19)20)9(6-17)13(14,15)16/h2-4,8-9H,5-6H2,1H3,(H,19,20)/t8-,9-/m1/s1. The number of hydrogen-bond donors (Lipinski definition) is 1. The summed E-state index contributed by atoms with van der Waals surface area (Å²) in [5, 5.41) is 20.0. The number of alkyl halides is 3. The molecule has 2 atom stereocenters. The van der Waals surface area contributed by atoms with Gasteiger partial charge < -0.3 is 10.0 Å². The Morgan fingerprint density at radius 2 is 2.05 bits per heavy atom. The Hall–Kier alpha value is -2.32. The van der Waals surface area contributed by atoms with Crippen molar-refractivity contribution in [1.29, 1.82) is 0 Å². The minimum atomic E-state index is -4.67. The molecule has 6 nitrogen and oxygen atoms in total. The fourth-order valence-electron chi connectivity index (χ4n) is 2.63. The summed E-state index contributed by atoms with van der Waals surface area (Å²) in [4.78, 5) is 22.6. The van der Waals surface area contributed by atoms with Gasteiger partial charge in [-0.15, -0.1) is 0 Å². The highest BCUT2D eigenvalue weighted by Crippen LogP contribution is 2.41. The molecule has 1 saturated heterocycles. The molecule has 120 valence electrons. The Bertz CT molecular complexity index is 618. The summed E-state index contributed by atoms with van der Waals surface area (Å²) >= 11 is 0. The zero-order chi connectivity index (χ0) is 16.7. The highest BCUT2D eigenvalue weighted by Gasteiger charge is 2.53. The zero-order valence-corrected chi connectivity index (χ0v) is 11.5. The van der Waals surface area contributed by atoms with Crippen LogP contribution in [0.3, 0.4) is 0 Å². The lowest BCUT2D eigenvalue weighted by atomic mass is 9.96. The molecule has 0 aliphatic carbocycles. The lowest BCUT2D eigenvalue weighted by Crippen LogP contribution is -2.33. The molecule has 1 aliphatic heterocycles. The van der Waals surface area contributed by atoms with Crippen molar-refractivity contribution in [2.24, 2.45) is 11.8 Å². The highest BCUT2D eigenvalue weighted by molar-refractivity contribution is 5.74. The number of nitro groups is 1. The Labute approximate surface area is 123 Å². The first-order valence-electron chi connectivity index (χ1n) is 6.40. The number of nitro benzene ring substituents is 1. The van der Waals surface area contributed by atoms with Crippen LogP contribution < -0.4 is 4.90 Å². The molecule has 1 N–H and O–H groups in total. The average molecular weight is 318 g/mol. The Kier molecular flexibility index (Phi) is 3.99. The van der Waals surface area contributed by atoms with Crippen LogP contribution in [0.15, 0.2) is 18.2 Å². The van der Waals surface area contributed by atoms with Gasteiger partial charge in [-0.2, -0.15) is 13.2 Å². The van der Waals surface area contributed by atoms with Gasteiger partial charge in [0.05, 0.1) is 16.8 Å². The average Bonchev–Trinajstić information content (AvgIpc) is 2.83. The molecule has 1 aromatic rings. The first-order valence-corrected chi connectivity index (χ1v) is 6.40. The van der Waals surface area contributed by atoms with Crippen molar-refractivity contribution in [2.45, 2.75) is 13.1 Å². The van der Waals surface area contributed by atoms with Crippen molar-refractivity contribution in [3.05, 3.63) is 33.9 Å². The van der Waals surface area contributed by atoms with E-state index in [1.807, 2.05) is 0 Å². The molecule has 0 amide bonds. The van der Waals surface area contributed by atoms with Crippen LogP contribution in [-0.4, -0.2) is 35.3 Å². The zero-order valence-electron chi connectivity index (χ0n) is 11.5. The van der Waals surface area contributed by atoms with Gasteiger partial charge in [-0.05, 0) is 18.6 Å². The summed E-state index contributed by atoms with van der Waals surface area (Å²) in [6.07, 6.45) is -4.67. The summed E-state index contributed by atoms with van der Waals surface area (Å²) in [6, 6.07) is 4.15. The number of carboxylic acids is 1. The monoisotopic (exact) mass is 318 g/mol. The minimum Gasteiger partial charge on any atom is -0.481 e. The van der Waals surface area contributed by atoms with Crippen molar-refractivity contribution in [3.8, 4) is 0 Å². The van der Waals surface area contributed by atoms with Crippen LogP contribution in [-0.2, 0) is 4.79 Å². The van der Waals surface area contributed by atoms with Crippen LogP contribution in [0.25, 0.3) is 0 Å². The van der Waals surface area contributed by atoms with E-state index in [0.717, 1.165) is 4.90 Å². The van der Waals surface area contributed by atoms with E-state index in [9.17, 15) is 28.1 Å². The summed E-state index contributed by atoms with van der Waals surface area (Å²) in [5.41, 5.74) is 0.275. The molecule has 22 heavy (non-hydrogen) atoms. The molecule has 0 unspecified atom stereocenters. The summed E-state index contributed by atoms with van der Waals surface area (Å²) in [5.74, 6) is -5.24.